The van der Waals surface area contributed by atoms with Gasteiger partial charge in [0, 0.05) is 0 Å². The van der Waals surface area contributed by atoms with Gasteiger partial charge in [-0.05, 0) is 24.6 Å². The lowest BCUT2D eigenvalue weighted by Gasteiger charge is -2.09. The molecule has 1 N–H and O–H groups in total. The van der Waals surface area contributed by atoms with E-state index in [1.54, 1.807) is 18.2 Å². The van der Waals surface area contributed by atoms with Crippen molar-refractivity contribution < 1.29 is 4.79 Å². The van der Waals surface area contributed by atoms with Crippen LogP contribution in [-0.2, 0) is 0 Å². The van der Waals surface area contributed by atoms with Crippen LogP contribution in [0.4, 0.5) is 5.69 Å². The second kappa shape index (κ2) is 6.71. The first kappa shape index (κ1) is 16.0. The number of thiazole rings is 1. The minimum atomic E-state index is -0.330. The second-order valence-corrected chi connectivity index (χ2v) is 6.85. The minimum Gasteiger partial charge on any atom is -0.318 e. The molecule has 0 saturated carbocycles. The SMILES string of the molecule is Cc1nc(C(=O)Nc2c(Cl)cccc2Cl)c(-c2ccccc2)s1. The van der Waals surface area contributed by atoms with Crippen LogP contribution in [0.1, 0.15) is 15.5 Å². The van der Waals surface area contributed by atoms with E-state index in [0.717, 1.165) is 15.4 Å². The minimum absolute atomic E-state index is 0.330. The molecule has 6 heteroatoms. The van der Waals surface area contributed by atoms with Gasteiger partial charge in [-0.2, -0.15) is 0 Å². The van der Waals surface area contributed by atoms with Gasteiger partial charge in [0.15, 0.2) is 0 Å². The van der Waals surface area contributed by atoms with Gasteiger partial charge < -0.3 is 5.32 Å². The molecule has 1 heterocycles. The number of hydrogen-bond acceptors (Lipinski definition) is 3. The predicted octanol–water partition coefficient (Wildman–Crippen LogP) is 5.68. The van der Waals surface area contributed by atoms with Crippen molar-refractivity contribution in [1.82, 2.24) is 4.98 Å². The average molecular weight is 363 g/mol. The van der Waals surface area contributed by atoms with Crippen molar-refractivity contribution in [3.05, 3.63) is 69.3 Å². The number of nitrogens with one attached hydrogen (secondary N) is 1. The van der Waals surface area contributed by atoms with Crippen molar-refractivity contribution in [3.63, 3.8) is 0 Å². The number of hydrogen-bond donors (Lipinski definition) is 1. The van der Waals surface area contributed by atoms with E-state index < -0.39 is 0 Å². The lowest BCUT2D eigenvalue weighted by atomic mass is 10.1. The summed E-state index contributed by atoms with van der Waals surface area (Å²) in [6, 6.07) is 14.8. The van der Waals surface area contributed by atoms with E-state index in [1.807, 2.05) is 37.3 Å². The highest BCUT2D eigenvalue weighted by Gasteiger charge is 2.20. The van der Waals surface area contributed by atoms with E-state index in [9.17, 15) is 4.79 Å². The summed E-state index contributed by atoms with van der Waals surface area (Å²) in [6.45, 7) is 1.87. The molecule has 3 aromatic rings. The number of aryl methyl sites for hydroxylation is 1. The first-order valence-electron chi connectivity index (χ1n) is 6.84. The van der Waals surface area contributed by atoms with E-state index in [0.29, 0.717) is 21.4 Å². The highest BCUT2D eigenvalue weighted by molar-refractivity contribution is 7.15. The highest BCUT2D eigenvalue weighted by Crippen LogP contribution is 2.33. The maximum Gasteiger partial charge on any atom is 0.275 e. The van der Waals surface area contributed by atoms with Crippen LogP contribution in [0.25, 0.3) is 10.4 Å². The molecule has 0 aliphatic carbocycles. The fourth-order valence-corrected chi connectivity index (χ4v) is 3.57. The molecule has 0 bridgehead atoms. The summed E-state index contributed by atoms with van der Waals surface area (Å²) in [5.74, 6) is -0.330. The van der Waals surface area contributed by atoms with Crippen LogP contribution in [-0.4, -0.2) is 10.9 Å². The Morgan fingerprint density at radius 3 is 2.35 bits per heavy atom. The number of aromatic nitrogens is 1. The molecule has 0 unspecified atom stereocenters. The van der Waals surface area contributed by atoms with Gasteiger partial charge in [-0.15, -0.1) is 11.3 Å². The number of benzene rings is 2. The van der Waals surface area contributed by atoms with E-state index in [-0.39, 0.29) is 5.91 Å². The van der Waals surface area contributed by atoms with Crippen molar-refractivity contribution in [3.8, 4) is 10.4 Å². The van der Waals surface area contributed by atoms with Gasteiger partial charge in [-0.3, -0.25) is 4.79 Å². The number of anilines is 1. The lowest BCUT2D eigenvalue weighted by molar-refractivity contribution is 0.102. The monoisotopic (exact) mass is 362 g/mol. The maximum absolute atomic E-state index is 12.6. The summed E-state index contributed by atoms with van der Waals surface area (Å²) in [5, 5.41) is 4.35. The average Bonchev–Trinajstić information content (AvgIpc) is 2.94. The maximum atomic E-state index is 12.6. The summed E-state index contributed by atoms with van der Waals surface area (Å²) in [7, 11) is 0. The van der Waals surface area contributed by atoms with E-state index in [2.05, 4.69) is 10.3 Å². The normalized spacial score (nSPS) is 10.6. The van der Waals surface area contributed by atoms with Crippen molar-refractivity contribution in [1.29, 1.82) is 0 Å². The molecule has 1 aromatic heterocycles. The van der Waals surface area contributed by atoms with Crippen LogP contribution in [0, 0.1) is 6.92 Å². The Kier molecular flexibility index (Phi) is 4.66. The number of amides is 1. The Bertz CT molecular complexity index is 842. The van der Waals surface area contributed by atoms with Crippen LogP contribution < -0.4 is 5.32 Å². The molecule has 0 atom stereocenters. The van der Waals surface area contributed by atoms with Crippen LogP contribution >= 0.6 is 34.5 Å². The zero-order valence-corrected chi connectivity index (χ0v) is 14.5. The standard InChI is InChI=1S/C17H12Cl2N2OS/c1-10-20-15(16(23-10)11-6-3-2-4-7-11)17(22)21-14-12(18)8-5-9-13(14)19/h2-9H,1H3,(H,21,22). The van der Waals surface area contributed by atoms with Gasteiger partial charge in [-0.25, -0.2) is 4.98 Å². The predicted molar refractivity (Wildman–Crippen MR) is 96.7 cm³/mol. The molecular formula is C17H12Cl2N2OS. The number of rotatable bonds is 3. The lowest BCUT2D eigenvalue weighted by Crippen LogP contribution is -2.14. The fraction of sp³-hybridized carbons (Fsp3) is 0.0588. The Balaban J connectivity index is 1.98. The zero-order chi connectivity index (χ0) is 16.4. The molecule has 0 aliphatic heterocycles. The number of nitrogens with zero attached hydrogens (tertiary/aromatic N) is 1. The van der Waals surface area contributed by atoms with Crippen LogP contribution in [0.15, 0.2) is 48.5 Å². The second-order valence-electron chi connectivity index (χ2n) is 4.83. The summed E-state index contributed by atoms with van der Waals surface area (Å²) in [6.07, 6.45) is 0. The molecule has 23 heavy (non-hydrogen) atoms. The van der Waals surface area contributed by atoms with Crippen molar-refractivity contribution >= 4 is 46.1 Å². The molecule has 0 aliphatic rings. The van der Waals surface area contributed by atoms with Gasteiger partial charge in [0.25, 0.3) is 5.91 Å². The van der Waals surface area contributed by atoms with Crippen molar-refractivity contribution in [2.24, 2.45) is 0 Å². The third-order valence-electron chi connectivity index (χ3n) is 3.19. The molecule has 116 valence electrons. The molecule has 0 spiro atoms. The highest BCUT2D eigenvalue weighted by atomic mass is 35.5. The van der Waals surface area contributed by atoms with Gasteiger partial charge in [-0.1, -0.05) is 59.6 Å². The summed E-state index contributed by atoms with van der Waals surface area (Å²) >= 11 is 13.7. The quantitative estimate of drug-likeness (QED) is 0.651. The van der Waals surface area contributed by atoms with E-state index >= 15 is 0 Å². The Morgan fingerprint density at radius 1 is 1.04 bits per heavy atom. The van der Waals surface area contributed by atoms with Crippen LogP contribution in [0.3, 0.4) is 0 Å². The van der Waals surface area contributed by atoms with Gasteiger partial charge >= 0.3 is 0 Å². The molecule has 2 aromatic carbocycles. The number of halogens is 2. The van der Waals surface area contributed by atoms with Crippen molar-refractivity contribution in [2.75, 3.05) is 5.32 Å². The van der Waals surface area contributed by atoms with E-state index in [1.165, 1.54) is 11.3 Å². The summed E-state index contributed by atoms with van der Waals surface area (Å²) in [5.41, 5.74) is 1.72. The number of carbonyl (C=O) groups excluding carboxylic acids is 1. The Morgan fingerprint density at radius 2 is 1.70 bits per heavy atom. The first-order valence-corrected chi connectivity index (χ1v) is 8.41. The van der Waals surface area contributed by atoms with E-state index in [4.69, 9.17) is 23.2 Å². The smallest absolute Gasteiger partial charge is 0.275 e. The molecule has 0 fully saturated rings. The van der Waals surface area contributed by atoms with Gasteiger partial charge in [0.2, 0.25) is 0 Å². The molecule has 3 rings (SSSR count). The third kappa shape index (κ3) is 3.39. The van der Waals surface area contributed by atoms with Crippen LogP contribution in [0.2, 0.25) is 10.0 Å². The molecule has 0 radical (unpaired) electrons. The van der Waals surface area contributed by atoms with Crippen molar-refractivity contribution in [2.45, 2.75) is 6.92 Å². The summed E-state index contributed by atoms with van der Waals surface area (Å²) in [4.78, 5) is 17.8. The first-order chi connectivity index (χ1) is 11.1. The fourth-order valence-electron chi connectivity index (χ4n) is 2.16. The molecule has 0 saturated heterocycles. The topological polar surface area (TPSA) is 42.0 Å². The third-order valence-corrected chi connectivity index (χ3v) is 4.84. The van der Waals surface area contributed by atoms with Gasteiger partial charge in [0.1, 0.15) is 5.69 Å². The Labute approximate surface area is 147 Å². The molecule has 1 amide bonds. The number of para-hydroxylation sites is 1. The molecular weight excluding hydrogens is 351 g/mol. The Hall–Kier alpha value is -1.88. The van der Waals surface area contributed by atoms with Crippen LogP contribution in [0.5, 0.6) is 0 Å². The number of carbonyl (C=O) groups is 1. The zero-order valence-electron chi connectivity index (χ0n) is 12.1. The van der Waals surface area contributed by atoms with Gasteiger partial charge in [0.05, 0.1) is 25.6 Å². The molecule has 3 nitrogen and oxygen atoms in total. The summed E-state index contributed by atoms with van der Waals surface area (Å²) < 4.78 is 0. The largest absolute Gasteiger partial charge is 0.318 e.